The molecule has 13 heteroatoms. The molecule has 6 atom stereocenters. The molecule has 0 spiro atoms. The molecule has 10 nitrogen and oxygen atoms in total. The fourth-order valence-electron chi connectivity index (χ4n) is 1.46. The van der Waals surface area contributed by atoms with Crippen molar-refractivity contribution in [1.82, 2.24) is 0 Å². The molecule has 0 aliphatic carbocycles. The van der Waals surface area contributed by atoms with Crippen LogP contribution in [0.5, 0.6) is 0 Å². The minimum Gasteiger partial charge on any atom is -0.481 e. The number of carboxylic acids is 3. The zero-order valence-electron chi connectivity index (χ0n) is 20.8. The van der Waals surface area contributed by atoms with Crippen LogP contribution in [0.25, 0.3) is 0 Å². The van der Waals surface area contributed by atoms with Crippen molar-refractivity contribution < 1.29 is 49.4 Å². The third-order valence-corrected chi connectivity index (χ3v) is 3.45. The van der Waals surface area contributed by atoms with Crippen LogP contribution in [-0.4, -0.2) is 97.3 Å². The molecule has 0 saturated heterocycles. The van der Waals surface area contributed by atoms with Crippen molar-refractivity contribution in [3.05, 3.63) is 0 Å². The third kappa shape index (κ3) is 52.9. The lowest BCUT2D eigenvalue weighted by atomic mass is 10.3. The maximum atomic E-state index is 9.76. The SMILES string of the molecule is CC(O)COC(C)COC(C)CO.CC(S)CC(=O)O.CC(S)CC(=O)O.CC(S)CC(=O)O. The van der Waals surface area contributed by atoms with E-state index >= 15 is 0 Å². The maximum Gasteiger partial charge on any atom is 0.304 e. The number of hydrogen-bond donors (Lipinski definition) is 8. The van der Waals surface area contributed by atoms with Gasteiger partial charge in [0.2, 0.25) is 0 Å². The summed E-state index contributed by atoms with van der Waals surface area (Å²) < 4.78 is 10.5. The highest BCUT2D eigenvalue weighted by Crippen LogP contribution is 1.98. The van der Waals surface area contributed by atoms with Crippen molar-refractivity contribution >= 4 is 55.8 Å². The van der Waals surface area contributed by atoms with Gasteiger partial charge in [0.15, 0.2) is 0 Å². The Morgan fingerprint density at radius 2 is 0.941 bits per heavy atom. The van der Waals surface area contributed by atoms with Gasteiger partial charge in [0.1, 0.15) is 0 Å². The monoisotopic (exact) mass is 552 g/mol. The number of aliphatic hydroxyl groups is 2. The number of aliphatic hydroxyl groups excluding tert-OH is 2. The second kappa shape index (κ2) is 26.9. The van der Waals surface area contributed by atoms with Crippen LogP contribution >= 0.6 is 37.9 Å². The van der Waals surface area contributed by atoms with Gasteiger partial charge in [0.05, 0.1) is 57.4 Å². The molecule has 206 valence electrons. The average Bonchev–Trinajstić information content (AvgIpc) is 2.62. The summed E-state index contributed by atoms with van der Waals surface area (Å²) in [4.78, 5) is 29.3. The van der Waals surface area contributed by atoms with Gasteiger partial charge >= 0.3 is 17.9 Å². The topological polar surface area (TPSA) is 171 Å². The van der Waals surface area contributed by atoms with Crippen LogP contribution in [-0.2, 0) is 23.9 Å². The number of aliphatic carboxylic acids is 3. The van der Waals surface area contributed by atoms with Gasteiger partial charge in [-0.25, -0.2) is 0 Å². The predicted octanol–water partition coefficient (Wildman–Crippen LogP) is 2.51. The largest absolute Gasteiger partial charge is 0.481 e. The first kappa shape index (κ1) is 40.5. The minimum absolute atomic E-state index is 0.0170. The predicted molar refractivity (Wildman–Crippen MR) is 142 cm³/mol. The Bertz CT molecular complexity index is 456. The molecule has 0 bridgehead atoms. The molecule has 0 heterocycles. The summed E-state index contributed by atoms with van der Waals surface area (Å²) in [6, 6.07) is 0. The third-order valence-electron chi connectivity index (χ3n) is 2.90. The molecule has 0 aliphatic heterocycles. The van der Waals surface area contributed by atoms with Crippen LogP contribution in [0, 0.1) is 0 Å². The number of rotatable bonds is 13. The summed E-state index contributed by atoms with van der Waals surface area (Å²) in [5, 5.41) is 41.6. The second-order valence-electron chi connectivity index (χ2n) is 7.66. The highest BCUT2D eigenvalue weighted by atomic mass is 32.1. The van der Waals surface area contributed by atoms with E-state index in [1.165, 1.54) is 0 Å². The molecule has 0 radical (unpaired) electrons. The van der Waals surface area contributed by atoms with E-state index in [2.05, 4.69) is 37.9 Å². The molecule has 0 rings (SSSR count). The highest BCUT2D eigenvalue weighted by molar-refractivity contribution is 7.81. The summed E-state index contributed by atoms with van der Waals surface area (Å²) in [6.45, 7) is 11.3. The zero-order valence-corrected chi connectivity index (χ0v) is 23.5. The second-order valence-corrected chi connectivity index (χ2v) is 10.3. The van der Waals surface area contributed by atoms with E-state index in [-0.39, 0.29) is 53.8 Å². The smallest absolute Gasteiger partial charge is 0.304 e. The van der Waals surface area contributed by atoms with Crippen molar-refractivity contribution in [3.8, 4) is 0 Å². The van der Waals surface area contributed by atoms with Gasteiger partial charge in [-0.2, -0.15) is 37.9 Å². The molecule has 5 N–H and O–H groups in total. The molecule has 0 aliphatic rings. The van der Waals surface area contributed by atoms with Crippen LogP contribution in [0.15, 0.2) is 0 Å². The molecule has 0 amide bonds. The normalized spacial score (nSPS) is 15.3. The van der Waals surface area contributed by atoms with Crippen LogP contribution in [0.3, 0.4) is 0 Å². The first-order chi connectivity index (χ1) is 15.4. The van der Waals surface area contributed by atoms with Crippen LogP contribution in [0.1, 0.15) is 60.8 Å². The molecule has 0 saturated carbocycles. The van der Waals surface area contributed by atoms with E-state index < -0.39 is 24.0 Å². The molecular formula is C21H44O10S3. The van der Waals surface area contributed by atoms with Crippen molar-refractivity contribution in [2.75, 3.05) is 19.8 Å². The van der Waals surface area contributed by atoms with E-state index in [1.807, 2.05) is 6.92 Å². The van der Waals surface area contributed by atoms with Crippen molar-refractivity contribution in [2.45, 2.75) is 94.9 Å². The number of carboxylic acid groups (broad SMARTS) is 3. The fraction of sp³-hybridized carbons (Fsp3) is 0.857. The molecule has 0 aromatic heterocycles. The van der Waals surface area contributed by atoms with Crippen molar-refractivity contribution in [2.24, 2.45) is 0 Å². The Hall–Kier alpha value is -0.700. The lowest BCUT2D eigenvalue weighted by Gasteiger charge is -2.16. The molecule has 0 aromatic carbocycles. The molecule has 0 aromatic rings. The number of thiol groups is 3. The van der Waals surface area contributed by atoms with Crippen LogP contribution in [0.4, 0.5) is 0 Å². The number of carbonyl (C=O) groups is 3. The minimum atomic E-state index is -0.789. The number of ether oxygens (including phenoxy) is 2. The van der Waals surface area contributed by atoms with E-state index in [4.69, 9.17) is 35.0 Å². The van der Waals surface area contributed by atoms with Gasteiger partial charge < -0.3 is 35.0 Å². The van der Waals surface area contributed by atoms with Gasteiger partial charge in [-0.3, -0.25) is 14.4 Å². The van der Waals surface area contributed by atoms with Crippen LogP contribution in [0.2, 0.25) is 0 Å². The summed E-state index contributed by atoms with van der Waals surface area (Å²) in [5.74, 6) is -2.37. The lowest BCUT2D eigenvalue weighted by molar-refractivity contribution is -0.137. The van der Waals surface area contributed by atoms with Gasteiger partial charge in [-0.15, -0.1) is 0 Å². The van der Waals surface area contributed by atoms with Gasteiger partial charge in [0.25, 0.3) is 0 Å². The highest BCUT2D eigenvalue weighted by Gasteiger charge is 2.07. The molecule has 0 fully saturated rings. The zero-order chi connectivity index (χ0) is 27.9. The summed E-state index contributed by atoms with van der Waals surface area (Å²) in [5.41, 5.74) is 0. The van der Waals surface area contributed by atoms with E-state index in [0.29, 0.717) is 13.2 Å². The first-order valence-corrected chi connectivity index (χ1v) is 12.2. The van der Waals surface area contributed by atoms with Gasteiger partial charge in [-0.1, -0.05) is 20.8 Å². The Morgan fingerprint density at radius 3 is 1.12 bits per heavy atom. The van der Waals surface area contributed by atoms with Crippen molar-refractivity contribution in [1.29, 1.82) is 0 Å². The van der Waals surface area contributed by atoms with Crippen molar-refractivity contribution in [3.63, 3.8) is 0 Å². The van der Waals surface area contributed by atoms with E-state index in [1.54, 1.807) is 34.6 Å². The Kier molecular flexibility index (Phi) is 32.0. The molecular weight excluding hydrogens is 508 g/mol. The van der Waals surface area contributed by atoms with Crippen LogP contribution < -0.4 is 0 Å². The standard InChI is InChI=1S/C9H20O4.3C4H8O2S/c1-7(11)5-12-9(3)6-13-8(2)4-10;3*1-3(7)2-4(5)6/h7-11H,4-6H2,1-3H3;3*3,7H,2H2,1H3,(H,5,6). The summed E-state index contributed by atoms with van der Waals surface area (Å²) >= 11 is 11.6. The van der Waals surface area contributed by atoms with E-state index in [0.717, 1.165) is 0 Å². The number of hydrogen-bond acceptors (Lipinski definition) is 10. The molecule has 34 heavy (non-hydrogen) atoms. The van der Waals surface area contributed by atoms with Gasteiger partial charge in [0, 0.05) is 15.7 Å². The Labute approximate surface area is 219 Å². The maximum absolute atomic E-state index is 9.76. The van der Waals surface area contributed by atoms with E-state index in [9.17, 15) is 14.4 Å². The first-order valence-electron chi connectivity index (χ1n) is 10.7. The Morgan fingerprint density at radius 1 is 0.647 bits per heavy atom. The quantitative estimate of drug-likeness (QED) is 0.159. The summed E-state index contributed by atoms with van der Waals surface area (Å²) in [7, 11) is 0. The average molecular weight is 553 g/mol. The Balaban J connectivity index is -0.000000186. The molecule has 6 unspecified atom stereocenters. The van der Waals surface area contributed by atoms with Gasteiger partial charge in [-0.05, 0) is 20.8 Å². The lowest BCUT2D eigenvalue weighted by Crippen LogP contribution is -2.24. The summed E-state index contributed by atoms with van der Waals surface area (Å²) in [6.07, 6.45) is -0.228. The fourth-order valence-corrected chi connectivity index (χ4v) is 1.93.